The van der Waals surface area contributed by atoms with Crippen molar-refractivity contribution in [3.05, 3.63) is 149 Å². The Morgan fingerprint density at radius 2 is 1.33 bits per heavy atom. The number of aromatic hydroxyl groups is 1. The van der Waals surface area contributed by atoms with Crippen LogP contribution in [0.3, 0.4) is 0 Å². The van der Waals surface area contributed by atoms with Gasteiger partial charge in [-0.05, 0) is 71.9 Å². The molecule has 4 aliphatic rings. The van der Waals surface area contributed by atoms with Gasteiger partial charge in [0.05, 0.1) is 34.1 Å². The highest BCUT2D eigenvalue weighted by atomic mass is 19.4. The molecule has 6 nitrogen and oxygen atoms in total. The summed E-state index contributed by atoms with van der Waals surface area (Å²) in [6.07, 6.45) is -7.64. The van der Waals surface area contributed by atoms with Crippen molar-refractivity contribution in [3.8, 4) is 5.75 Å². The van der Waals surface area contributed by atoms with Gasteiger partial charge in [0, 0.05) is 17.4 Å². The average Bonchev–Trinajstić information content (AvgIpc) is 3.40. The smallest absolute Gasteiger partial charge is 0.416 e. The summed E-state index contributed by atoms with van der Waals surface area (Å²) in [6, 6.07) is 24.0. The first-order chi connectivity index (χ1) is 25.6. The monoisotopic (exact) mass is 741 g/mol. The summed E-state index contributed by atoms with van der Waals surface area (Å²) in [5.74, 6) is -8.37. The number of halogens is 6. The number of imide groups is 1. The number of Topliss-reactive ketones (excluding diaryl/α,β-unsaturated/α-hetero) is 1. The highest BCUT2D eigenvalue weighted by molar-refractivity contribution is 6.32. The van der Waals surface area contributed by atoms with Gasteiger partial charge in [-0.3, -0.25) is 19.2 Å². The second-order valence-corrected chi connectivity index (χ2v) is 14.2. The van der Waals surface area contributed by atoms with Gasteiger partial charge in [0.15, 0.2) is 11.6 Å². The van der Waals surface area contributed by atoms with Gasteiger partial charge in [-0.2, -0.15) is 26.3 Å². The van der Waals surface area contributed by atoms with Gasteiger partial charge in [0.25, 0.3) is 0 Å². The van der Waals surface area contributed by atoms with Gasteiger partial charge in [0.2, 0.25) is 11.8 Å². The van der Waals surface area contributed by atoms with E-state index in [0.717, 1.165) is 0 Å². The van der Waals surface area contributed by atoms with Crippen molar-refractivity contribution in [2.75, 3.05) is 4.90 Å². The fourth-order valence-electron chi connectivity index (χ4n) is 9.28. The van der Waals surface area contributed by atoms with E-state index in [1.165, 1.54) is 18.2 Å². The van der Waals surface area contributed by atoms with Crippen LogP contribution in [0, 0.1) is 23.7 Å². The molecule has 0 aromatic heterocycles. The normalized spacial score (nSPS) is 26.9. The van der Waals surface area contributed by atoms with E-state index >= 15 is 0 Å². The van der Waals surface area contributed by atoms with Crippen LogP contribution >= 0.6 is 0 Å². The number of allylic oxidation sites excluding steroid dienone is 4. The number of fused-ring (bicyclic) bond motifs is 4. The summed E-state index contributed by atoms with van der Waals surface area (Å²) in [4.78, 5) is 58.8. The van der Waals surface area contributed by atoms with Crippen molar-refractivity contribution in [3.63, 3.8) is 0 Å². The van der Waals surface area contributed by atoms with E-state index in [1.54, 1.807) is 78.9 Å². The molecule has 4 aromatic rings. The maximum absolute atomic E-state index is 15.0. The Hall–Kier alpha value is -5.78. The van der Waals surface area contributed by atoms with Crippen LogP contribution in [-0.4, -0.2) is 28.5 Å². The molecule has 274 valence electrons. The lowest BCUT2D eigenvalue weighted by atomic mass is 9.44. The topological polar surface area (TPSA) is 91.8 Å². The minimum atomic E-state index is -5.22. The molecular formula is C42H29F6NO5. The number of phenols is 1. The number of rotatable bonds is 4. The Kier molecular flexibility index (Phi) is 8.09. The first-order valence-electron chi connectivity index (χ1n) is 17.2. The summed E-state index contributed by atoms with van der Waals surface area (Å²) in [5.41, 5.74) is -3.72. The zero-order chi connectivity index (χ0) is 38.3. The number of ketones is 2. The minimum absolute atomic E-state index is 0.0745. The molecule has 6 atom stereocenters. The van der Waals surface area contributed by atoms with E-state index in [-0.39, 0.29) is 30.2 Å². The van der Waals surface area contributed by atoms with Crippen LogP contribution in [0.2, 0.25) is 0 Å². The fraction of sp³-hybridized carbons (Fsp3) is 0.238. The first kappa shape index (κ1) is 35.3. The molecule has 1 N–H and O–H groups in total. The van der Waals surface area contributed by atoms with Crippen LogP contribution in [-0.2, 0) is 36.9 Å². The molecule has 0 radical (unpaired) electrons. The van der Waals surface area contributed by atoms with E-state index in [2.05, 4.69) is 0 Å². The molecule has 1 saturated carbocycles. The summed E-state index contributed by atoms with van der Waals surface area (Å²) < 4.78 is 83.3. The highest BCUT2D eigenvalue weighted by Gasteiger charge is 2.66. The standard InChI is InChI=1S/C42H29F6NO5/c43-41(44,45)25-17-26(42(46,47)48)19-27(18-25)49-38(53)30-15-14-29-32(35(30)39(49)54)20-33-37(52)31(22-8-3-1-4-9-22)21-34(51)40(33,24-11-5-2-6-12-24)36(29)23-10-7-13-28(50)16-23/h1-14,16-19,21,30,32-33,35-36,50H,15,20H2. The highest BCUT2D eigenvalue weighted by Crippen LogP contribution is 2.64. The average molecular weight is 742 g/mol. The summed E-state index contributed by atoms with van der Waals surface area (Å²) in [7, 11) is 0. The number of alkyl halides is 6. The van der Waals surface area contributed by atoms with E-state index in [4.69, 9.17) is 0 Å². The third kappa shape index (κ3) is 5.33. The molecule has 0 spiro atoms. The minimum Gasteiger partial charge on any atom is -0.508 e. The summed E-state index contributed by atoms with van der Waals surface area (Å²) in [5, 5.41) is 10.7. The van der Waals surface area contributed by atoms with Gasteiger partial charge in [0.1, 0.15) is 5.75 Å². The largest absolute Gasteiger partial charge is 0.508 e. The van der Waals surface area contributed by atoms with E-state index < -0.39 is 87.6 Å². The lowest BCUT2D eigenvalue weighted by Gasteiger charge is -2.55. The number of phenolic OH excluding ortho intramolecular Hbond substituents is 1. The number of carbonyl (C=O) groups excluding carboxylic acids is 4. The number of anilines is 1. The van der Waals surface area contributed by atoms with Crippen LogP contribution in [0.5, 0.6) is 5.75 Å². The second kappa shape index (κ2) is 12.4. The Balaban J connectivity index is 1.32. The van der Waals surface area contributed by atoms with Gasteiger partial charge in [-0.15, -0.1) is 0 Å². The molecule has 1 saturated heterocycles. The number of benzene rings is 4. The van der Waals surface area contributed by atoms with Crippen LogP contribution < -0.4 is 4.90 Å². The molecule has 1 aliphatic heterocycles. The number of carbonyl (C=O) groups is 4. The van der Waals surface area contributed by atoms with Crippen LogP contribution in [0.1, 0.15) is 46.6 Å². The number of amides is 2. The van der Waals surface area contributed by atoms with Crippen molar-refractivity contribution < 1.29 is 50.6 Å². The molecule has 12 heteroatoms. The number of hydrogen-bond donors (Lipinski definition) is 1. The van der Waals surface area contributed by atoms with Crippen LogP contribution in [0.4, 0.5) is 32.0 Å². The molecule has 2 amide bonds. The van der Waals surface area contributed by atoms with Crippen molar-refractivity contribution in [1.82, 2.24) is 0 Å². The quantitative estimate of drug-likeness (QED) is 0.129. The van der Waals surface area contributed by atoms with Gasteiger partial charge < -0.3 is 5.11 Å². The SMILES string of the molecule is O=C1C(c2ccccc2)=CC(=O)C2(c3ccccc3)C1CC1C(=CCC3C(=O)N(c4cc(C(F)(F)F)cc(C(F)(F)F)c4)C(=O)C31)C2c1cccc(O)c1. The predicted molar refractivity (Wildman–Crippen MR) is 184 cm³/mol. The van der Waals surface area contributed by atoms with Gasteiger partial charge in [-0.1, -0.05) is 84.4 Å². The molecule has 3 aliphatic carbocycles. The number of hydrogen-bond acceptors (Lipinski definition) is 5. The molecule has 6 unspecified atom stereocenters. The molecule has 8 rings (SSSR count). The molecule has 4 aromatic carbocycles. The van der Waals surface area contributed by atoms with Gasteiger partial charge in [-0.25, -0.2) is 4.90 Å². The Morgan fingerprint density at radius 1 is 0.704 bits per heavy atom. The molecular weight excluding hydrogens is 712 g/mol. The van der Waals surface area contributed by atoms with Crippen LogP contribution in [0.25, 0.3) is 5.57 Å². The number of nitrogens with zero attached hydrogens (tertiary/aromatic N) is 1. The fourth-order valence-corrected chi connectivity index (χ4v) is 9.28. The molecule has 54 heavy (non-hydrogen) atoms. The maximum Gasteiger partial charge on any atom is 0.416 e. The van der Waals surface area contributed by atoms with E-state index in [9.17, 15) is 50.6 Å². The van der Waals surface area contributed by atoms with E-state index in [0.29, 0.717) is 39.3 Å². The third-order valence-corrected chi connectivity index (χ3v) is 11.4. The van der Waals surface area contributed by atoms with Crippen molar-refractivity contribution in [2.45, 2.75) is 36.5 Å². The summed E-state index contributed by atoms with van der Waals surface area (Å²) >= 11 is 0. The van der Waals surface area contributed by atoms with Crippen molar-refractivity contribution in [2.24, 2.45) is 23.7 Å². The summed E-state index contributed by atoms with van der Waals surface area (Å²) in [6.45, 7) is 0. The molecule has 1 heterocycles. The van der Waals surface area contributed by atoms with E-state index in [1.807, 2.05) is 0 Å². The maximum atomic E-state index is 15.0. The van der Waals surface area contributed by atoms with Crippen molar-refractivity contribution >= 4 is 34.6 Å². The zero-order valence-electron chi connectivity index (χ0n) is 28.1. The Labute approximate surface area is 304 Å². The predicted octanol–water partition coefficient (Wildman–Crippen LogP) is 8.46. The molecule has 0 bridgehead atoms. The van der Waals surface area contributed by atoms with Crippen LogP contribution in [0.15, 0.2) is 121 Å². The zero-order valence-corrected chi connectivity index (χ0v) is 28.1. The Morgan fingerprint density at radius 3 is 1.94 bits per heavy atom. The first-order valence-corrected chi connectivity index (χ1v) is 17.2. The van der Waals surface area contributed by atoms with Gasteiger partial charge >= 0.3 is 12.4 Å². The third-order valence-electron chi connectivity index (χ3n) is 11.4. The second-order valence-electron chi connectivity index (χ2n) is 14.2. The Bertz CT molecular complexity index is 2260. The lowest BCUT2D eigenvalue weighted by molar-refractivity contribution is -0.143. The van der Waals surface area contributed by atoms with Crippen molar-refractivity contribution in [1.29, 1.82) is 0 Å². The molecule has 2 fully saturated rings. The lowest BCUT2D eigenvalue weighted by Crippen LogP contribution is -2.58.